The number of nitrogens with one attached hydrogen (secondary N) is 1. The lowest BCUT2D eigenvalue weighted by Gasteiger charge is -2.22. The van der Waals surface area contributed by atoms with Crippen LogP contribution < -0.4 is 0 Å². The lowest BCUT2D eigenvalue weighted by molar-refractivity contribution is 0.277. The Morgan fingerprint density at radius 1 is 1.41 bits per heavy atom. The fraction of sp³-hybridized carbons (Fsp3) is 0.500. The van der Waals surface area contributed by atoms with Gasteiger partial charge in [0.25, 0.3) is 0 Å². The van der Waals surface area contributed by atoms with Crippen molar-refractivity contribution in [2.75, 3.05) is 14.1 Å². The molecule has 1 aliphatic rings. The summed E-state index contributed by atoms with van der Waals surface area (Å²) < 4.78 is 0. The molecule has 90 valence electrons. The van der Waals surface area contributed by atoms with E-state index < -0.39 is 0 Å². The Balaban J connectivity index is 2.08. The molecule has 1 aliphatic carbocycles. The van der Waals surface area contributed by atoms with Gasteiger partial charge in [-0.15, -0.1) is 0 Å². The Hall–Kier alpha value is -1.35. The van der Waals surface area contributed by atoms with Crippen LogP contribution in [-0.2, 0) is 12.8 Å². The second kappa shape index (κ2) is 4.15. The highest BCUT2D eigenvalue weighted by atomic mass is 15.1. The number of rotatable bonds is 1. The molecule has 0 saturated carbocycles. The average molecular weight is 229 g/mol. The lowest BCUT2D eigenvalue weighted by Crippen LogP contribution is -2.29. The third-order valence-corrected chi connectivity index (χ3v) is 3.90. The van der Waals surface area contributed by atoms with Crippen LogP contribution in [0.3, 0.4) is 0 Å². The van der Waals surface area contributed by atoms with Crippen LogP contribution >= 0.6 is 0 Å². The summed E-state index contributed by atoms with van der Waals surface area (Å²) in [6.07, 6.45) is 6.73. The number of hydrogen-bond acceptors (Lipinski definition) is 2. The zero-order valence-electron chi connectivity index (χ0n) is 10.5. The SMILES string of the molecule is CN(C)[C@@H]1CCCc2[nH]c3ncccc3c2C1. The van der Waals surface area contributed by atoms with Crippen molar-refractivity contribution < 1.29 is 0 Å². The topological polar surface area (TPSA) is 31.9 Å². The molecule has 1 N–H and O–H groups in total. The number of fused-ring (bicyclic) bond motifs is 3. The summed E-state index contributed by atoms with van der Waals surface area (Å²) >= 11 is 0. The Morgan fingerprint density at radius 3 is 3.12 bits per heavy atom. The first kappa shape index (κ1) is 10.8. The molecule has 3 rings (SSSR count). The van der Waals surface area contributed by atoms with E-state index in [0.717, 1.165) is 18.5 Å². The number of nitrogens with zero attached hydrogens (tertiary/aromatic N) is 2. The summed E-state index contributed by atoms with van der Waals surface area (Å²) in [6.45, 7) is 0. The number of aromatic amines is 1. The van der Waals surface area contributed by atoms with Crippen molar-refractivity contribution in [3.05, 3.63) is 29.6 Å². The molecule has 0 fully saturated rings. The summed E-state index contributed by atoms with van der Waals surface area (Å²) in [5.74, 6) is 0. The largest absolute Gasteiger partial charge is 0.343 e. The first-order chi connectivity index (χ1) is 8.25. The van der Waals surface area contributed by atoms with Crippen LogP contribution in [0.15, 0.2) is 18.3 Å². The summed E-state index contributed by atoms with van der Waals surface area (Å²) in [4.78, 5) is 10.3. The van der Waals surface area contributed by atoms with Gasteiger partial charge in [-0.3, -0.25) is 0 Å². The second-order valence-corrected chi connectivity index (χ2v) is 5.20. The third-order valence-electron chi connectivity index (χ3n) is 3.90. The van der Waals surface area contributed by atoms with Crippen molar-refractivity contribution in [3.8, 4) is 0 Å². The number of pyridine rings is 1. The van der Waals surface area contributed by atoms with Gasteiger partial charge in [0.2, 0.25) is 0 Å². The molecule has 1 atom stereocenters. The first-order valence-electron chi connectivity index (χ1n) is 6.36. The zero-order chi connectivity index (χ0) is 11.8. The minimum absolute atomic E-state index is 0.662. The number of aryl methyl sites for hydroxylation is 1. The first-order valence-corrected chi connectivity index (χ1v) is 6.36. The highest BCUT2D eigenvalue weighted by Gasteiger charge is 2.21. The molecule has 0 spiro atoms. The van der Waals surface area contributed by atoms with Gasteiger partial charge in [0.1, 0.15) is 5.65 Å². The number of aromatic nitrogens is 2. The predicted molar refractivity (Wildman–Crippen MR) is 70.2 cm³/mol. The molecule has 2 heterocycles. The minimum Gasteiger partial charge on any atom is -0.343 e. The molecule has 0 aliphatic heterocycles. The fourth-order valence-corrected chi connectivity index (χ4v) is 2.87. The number of hydrogen-bond donors (Lipinski definition) is 1. The van der Waals surface area contributed by atoms with Crippen molar-refractivity contribution in [1.29, 1.82) is 0 Å². The van der Waals surface area contributed by atoms with Gasteiger partial charge >= 0.3 is 0 Å². The molecule has 17 heavy (non-hydrogen) atoms. The van der Waals surface area contributed by atoms with E-state index in [9.17, 15) is 0 Å². The maximum Gasteiger partial charge on any atom is 0.137 e. The van der Waals surface area contributed by atoms with E-state index in [-0.39, 0.29) is 0 Å². The molecule has 0 radical (unpaired) electrons. The van der Waals surface area contributed by atoms with Gasteiger partial charge < -0.3 is 9.88 Å². The van der Waals surface area contributed by atoms with Crippen LogP contribution in [0.1, 0.15) is 24.1 Å². The summed E-state index contributed by atoms with van der Waals surface area (Å²) in [7, 11) is 4.37. The average Bonchev–Trinajstić information content (AvgIpc) is 2.53. The van der Waals surface area contributed by atoms with E-state index >= 15 is 0 Å². The Kier molecular flexibility index (Phi) is 2.63. The maximum atomic E-state index is 4.42. The predicted octanol–water partition coefficient (Wildman–Crippen LogP) is 2.37. The van der Waals surface area contributed by atoms with Gasteiger partial charge in [-0.25, -0.2) is 4.98 Å². The lowest BCUT2D eigenvalue weighted by atomic mass is 10.0. The van der Waals surface area contributed by atoms with Crippen molar-refractivity contribution >= 4 is 11.0 Å². The van der Waals surface area contributed by atoms with Gasteiger partial charge in [-0.1, -0.05) is 0 Å². The van der Waals surface area contributed by atoms with Crippen LogP contribution in [-0.4, -0.2) is 35.0 Å². The van der Waals surface area contributed by atoms with E-state index in [2.05, 4.69) is 35.0 Å². The van der Waals surface area contributed by atoms with Crippen molar-refractivity contribution in [1.82, 2.24) is 14.9 Å². The molecular weight excluding hydrogens is 210 g/mol. The third kappa shape index (κ3) is 1.84. The zero-order valence-corrected chi connectivity index (χ0v) is 10.5. The molecule has 0 saturated heterocycles. The summed E-state index contributed by atoms with van der Waals surface area (Å²) in [6, 6.07) is 4.89. The summed E-state index contributed by atoms with van der Waals surface area (Å²) in [5, 5.41) is 1.32. The maximum absolute atomic E-state index is 4.42. The number of likely N-dealkylation sites (N-methyl/N-ethyl adjacent to an activating group) is 1. The van der Waals surface area contributed by atoms with Crippen molar-refractivity contribution in [3.63, 3.8) is 0 Å². The van der Waals surface area contributed by atoms with Crippen LogP contribution in [0.4, 0.5) is 0 Å². The van der Waals surface area contributed by atoms with Gasteiger partial charge in [0.05, 0.1) is 0 Å². The van der Waals surface area contributed by atoms with E-state index in [1.165, 1.54) is 29.5 Å². The molecule has 0 amide bonds. The smallest absolute Gasteiger partial charge is 0.137 e. The summed E-state index contributed by atoms with van der Waals surface area (Å²) in [5.41, 5.74) is 3.95. The van der Waals surface area contributed by atoms with E-state index in [1.807, 2.05) is 12.3 Å². The van der Waals surface area contributed by atoms with E-state index in [1.54, 1.807) is 0 Å². The second-order valence-electron chi connectivity index (χ2n) is 5.20. The van der Waals surface area contributed by atoms with Crippen LogP contribution in [0, 0.1) is 0 Å². The quantitative estimate of drug-likeness (QED) is 0.761. The standard InChI is InChI=1S/C14H19N3/c1-17(2)10-5-3-7-13-12(9-10)11-6-4-8-15-14(11)16-13/h4,6,8,10H,3,5,7,9H2,1-2H3,(H,15,16)/t10-/m1/s1. The van der Waals surface area contributed by atoms with Crippen molar-refractivity contribution in [2.24, 2.45) is 0 Å². The van der Waals surface area contributed by atoms with Gasteiger partial charge in [-0.2, -0.15) is 0 Å². The van der Waals surface area contributed by atoms with Crippen molar-refractivity contribution in [2.45, 2.75) is 31.7 Å². The molecule has 2 aromatic rings. The molecule has 3 nitrogen and oxygen atoms in total. The van der Waals surface area contributed by atoms with E-state index in [0.29, 0.717) is 6.04 Å². The minimum atomic E-state index is 0.662. The molecule has 0 bridgehead atoms. The molecule has 0 aromatic carbocycles. The van der Waals surface area contributed by atoms with Crippen LogP contribution in [0.5, 0.6) is 0 Å². The molecule has 0 unspecified atom stereocenters. The highest BCUT2D eigenvalue weighted by molar-refractivity contribution is 5.81. The van der Waals surface area contributed by atoms with Crippen LogP contribution in [0.2, 0.25) is 0 Å². The molecule has 3 heteroatoms. The number of H-pyrrole nitrogens is 1. The van der Waals surface area contributed by atoms with E-state index in [4.69, 9.17) is 0 Å². The highest BCUT2D eigenvalue weighted by Crippen LogP contribution is 2.28. The molecule has 2 aromatic heterocycles. The van der Waals surface area contributed by atoms with Crippen LogP contribution in [0.25, 0.3) is 11.0 Å². The monoisotopic (exact) mass is 229 g/mol. The van der Waals surface area contributed by atoms with Gasteiger partial charge in [0.15, 0.2) is 0 Å². The normalized spacial score (nSPS) is 20.5. The Labute approximate surface area is 102 Å². The fourth-order valence-electron chi connectivity index (χ4n) is 2.87. The van der Waals surface area contributed by atoms with Gasteiger partial charge in [0, 0.05) is 23.3 Å². The molecular formula is C14H19N3. The van der Waals surface area contributed by atoms with Gasteiger partial charge in [-0.05, 0) is 57.5 Å². The Morgan fingerprint density at radius 2 is 2.29 bits per heavy atom. The Bertz CT molecular complexity index is 527.